The van der Waals surface area contributed by atoms with Gasteiger partial charge in [0, 0.05) is 18.7 Å². The first kappa shape index (κ1) is 17.2. The standard InChI is InChI=1S/C19H23N3O3/c1-3-19(18(20)24)7-9-22(10-8-19)17(23)15-16(25-12-21-15)14-6-4-5-13(2)11-14/h4-6,11-12H,3,7-10H2,1-2H3,(H2,20,24). The number of nitrogens with two attached hydrogens (primary N) is 1. The Hall–Kier alpha value is -2.63. The van der Waals surface area contributed by atoms with Gasteiger partial charge in [0.1, 0.15) is 0 Å². The molecule has 0 spiro atoms. The molecule has 6 heteroatoms. The maximum atomic E-state index is 12.9. The van der Waals surface area contributed by atoms with E-state index in [9.17, 15) is 9.59 Å². The van der Waals surface area contributed by atoms with Gasteiger partial charge in [0.25, 0.3) is 5.91 Å². The number of amides is 2. The van der Waals surface area contributed by atoms with E-state index in [0.717, 1.165) is 11.1 Å². The van der Waals surface area contributed by atoms with Crippen molar-refractivity contribution in [1.82, 2.24) is 9.88 Å². The van der Waals surface area contributed by atoms with E-state index in [-0.39, 0.29) is 11.8 Å². The van der Waals surface area contributed by atoms with Crippen molar-refractivity contribution in [3.63, 3.8) is 0 Å². The summed E-state index contributed by atoms with van der Waals surface area (Å²) >= 11 is 0. The molecule has 132 valence electrons. The van der Waals surface area contributed by atoms with Crippen LogP contribution in [0.2, 0.25) is 0 Å². The van der Waals surface area contributed by atoms with Crippen LogP contribution >= 0.6 is 0 Å². The average Bonchev–Trinajstić information content (AvgIpc) is 3.10. The van der Waals surface area contributed by atoms with Gasteiger partial charge in [0.05, 0.1) is 5.41 Å². The number of benzene rings is 1. The highest BCUT2D eigenvalue weighted by Gasteiger charge is 2.40. The van der Waals surface area contributed by atoms with Gasteiger partial charge in [-0.25, -0.2) is 4.98 Å². The molecule has 1 aliphatic heterocycles. The summed E-state index contributed by atoms with van der Waals surface area (Å²) in [6.45, 7) is 4.95. The molecule has 1 fully saturated rings. The van der Waals surface area contributed by atoms with Gasteiger partial charge in [-0.15, -0.1) is 0 Å². The summed E-state index contributed by atoms with van der Waals surface area (Å²) in [6, 6.07) is 7.77. The number of carbonyl (C=O) groups excluding carboxylic acids is 2. The number of carbonyl (C=O) groups is 2. The number of nitrogens with zero attached hydrogens (tertiary/aromatic N) is 2. The Labute approximate surface area is 147 Å². The zero-order valence-corrected chi connectivity index (χ0v) is 14.6. The SMILES string of the molecule is CCC1(C(N)=O)CCN(C(=O)c2ncoc2-c2cccc(C)c2)CC1. The second-order valence-electron chi connectivity index (χ2n) is 6.69. The number of oxazole rings is 1. The molecular formula is C19H23N3O3. The van der Waals surface area contributed by atoms with Crippen molar-refractivity contribution in [2.24, 2.45) is 11.1 Å². The molecule has 2 heterocycles. The molecule has 2 amide bonds. The lowest BCUT2D eigenvalue weighted by molar-refractivity contribution is -0.130. The van der Waals surface area contributed by atoms with Crippen molar-refractivity contribution in [3.8, 4) is 11.3 Å². The summed E-state index contributed by atoms with van der Waals surface area (Å²) in [5.74, 6) is 0.0411. The lowest BCUT2D eigenvalue weighted by Crippen LogP contribution is -2.48. The van der Waals surface area contributed by atoms with Crippen LogP contribution < -0.4 is 5.73 Å². The van der Waals surface area contributed by atoms with E-state index in [0.29, 0.717) is 43.8 Å². The molecule has 0 bridgehead atoms. The topological polar surface area (TPSA) is 89.4 Å². The van der Waals surface area contributed by atoms with Crippen molar-refractivity contribution >= 4 is 11.8 Å². The number of aromatic nitrogens is 1. The molecule has 6 nitrogen and oxygen atoms in total. The van der Waals surface area contributed by atoms with Gasteiger partial charge in [0.15, 0.2) is 17.8 Å². The minimum absolute atomic E-state index is 0.167. The molecule has 0 radical (unpaired) electrons. The fraction of sp³-hybridized carbons (Fsp3) is 0.421. The number of likely N-dealkylation sites (tertiary alicyclic amines) is 1. The van der Waals surface area contributed by atoms with E-state index in [4.69, 9.17) is 10.2 Å². The largest absolute Gasteiger partial charge is 0.443 e. The Balaban J connectivity index is 1.80. The average molecular weight is 341 g/mol. The third kappa shape index (κ3) is 3.16. The van der Waals surface area contributed by atoms with E-state index < -0.39 is 5.41 Å². The first-order chi connectivity index (χ1) is 12.0. The van der Waals surface area contributed by atoms with Crippen molar-refractivity contribution in [2.75, 3.05) is 13.1 Å². The van der Waals surface area contributed by atoms with Gasteiger partial charge in [-0.2, -0.15) is 0 Å². The molecule has 0 saturated carbocycles. The fourth-order valence-corrected chi connectivity index (χ4v) is 3.45. The van der Waals surface area contributed by atoms with Crippen molar-refractivity contribution in [3.05, 3.63) is 41.9 Å². The first-order valence-corrected chi connectivity index (χ1v) is 8.56. The quantitative estimate of drug-likeness (QED) is 0.926. The third-order valence-electron chi connectivity index (χ3n) is 5.26. The maximum absolute atomic E-state index is 12.9. The molecule has 25 heavy (non-hydrogen) atoms. The van der Waals surface area contributed by atoms with Crippen LogP contribution in [-0.4, -0.2) is 34.8 Å². The van der Waals surface area contributed by atoms with Gasteiger partial charge < -0.3 is 15.1 Å². The number of hydrogen-bond acceptors (Lipinski definition) is 4. The predicted molar refractivity (Wildman–Crippen MR) is 93.7 cm³/mol. The number of piperidine rings is 1. The van der Waals surface area contributed by atoms with Gasteiger partial charge in [0.2, 0.25) is 5.91 Å². The normalized spacial score (nSPS) is 16.6. The summed E-state index contributed by atoms with van der Waals surface area (Å²) < 4.78 is 5.49. The zero-order chi connectivity index (χ0) is 18.0. The summed E-state index contributed by atoms with van der Waals surface area (Å²) in [7, 11) is 0. The molecule has 1 aromatic carbocycles. The van der Waals surface area contributed by atoms with Crippen LogP contribution in [0.25, 0.3) is 11.3 Å². The van der Waals surface area contributed by atoms with Crippen LogP contribution in [0.4, 0.5) is 0 Å². The Morgan fingerprint density at radius 3 is 2.64 bits per heavy atom. The van der Waals surface area contributed by atoms with Crippen LogP contribution in [-0.2, 0) is 4.79 Å². The number of aryl methyl sites for hydroxylation is 1. The molecule has 0 unspecified atom stereocenters. The number of hydrogen-bond donors (Lipinski definition) is 1. The molecule has 0 aliphatic carbocycles. The zero-order valence-electron chi connectivity index (χ0n) is 14.6. The van der Waals surface area contributed by atoms with E-state index in [2.05, 4.69) is 4.98 Å². The lowest BCUT2D eigenvalue weighted by Gasteiger charge is -2.38. The Kier molecular flexibility index (Phi) is 4.61. The lowest BCUT2D eigenvalue weighted by atomic mass is 9.75. The van der Waals surface area contributed by atoms with Crippen LogP contribution in [0.5, 0.6) is 0 Å². The highest BCUT2D eigenvalue weighted by molar-refractivity contribution is 5.97. The van der Waals surface area contributed by atoms with Gasteiger partial charge in [-0.1, -0.05) is 30.7 Å². The second-order valence-corrected chi connectivity index (χ2v) is 6.69. The Morgan fingerprint density at radius 1 is 1.32 bits per heavy atom. The summed E-state index contributed by atoms with van der Waals surface area (Å²) in [6.07, 6.45) is 3.17. The van der Waals surface area contributed by atoms with E-state index in [1.807, 2.05) is 38.1 Å². The van der Waals surface area contributed by atoms with Gasteiger partial charge in [-0.05, 0) is 32.3 Å². The predicted octanol–water partition coefficient (Wildman–Crippen LogP) is 2.77. The fourth-order valence-electron chi connectivity index (χ4n) is 3.45. The van der Waals surface area contributed by atoms with Crippen LogP contribution in [0.1, 0.15) is 42.2 Å². The number of rotatable bonds is 4. The summed E-state index contributed by atoms with van der Waals surface area (Å²) in [5, 5.41) is 0. The summed E-state index contributed by atoms with van der Waals surface area (Å²) in [5.41, 5.74) is 7.30. The minimum atomic E-state index is -0.500. The van der Waals surface area contributed by atoms with Crippen LogP contribution in [0.3, 0.4) is 0 Å². The van der Waals surface area contributed by atoms with Gasteiger partial charge in [-0.3, -0.25) is 9.59 Å². The monoisotopic (exact) mass is 341 g/mol. The number of primary amides is 1. The van der Waals surface area contributed by atoms with E-state index >= 15 is 0 Å². The van der Waals surface area contributed by atoms with Crippen LogP contribution in [0, 0.1) is 12.3 Å². The maximum Gasteiger partial charge on any atom is 0.276 e. The smallest absolute Gasteiger partial charge is 0.276 e. The Bertz CT molecular complexity index is 789. The molecule has 1 aliphatic rings. The van der Waals surface area contributed by atoms with E-state index in [1.165, 1.54) is 6.39 Å². The Morgan fingerprint density at radius 2 is 2.04 bits per heavy atom. The molecule has 3 rings (SSSR count). The van der Waals surface area contributed by atoms with Crippen LogP contribution in [0.15, 0.2) is 35.1 Å². The molecular weight excluding hydrogens is 318 g/mol. The van der Waals surface area contributed by atoms with Gasteiger partial charge >= 0.3 is 0 Å². The van der Waals surface area contributed by atoms with Crippen molar-refractivity contribution in [2.45, 2.75) is 33.1 Å². The first-order valence-electron chi connectivity index (χ1n) is 8.56. The molecule has 1 saturated heterocycles. The molecule has 2 aromatic rings. The second kappa shape index (κ2) is 6.70. The molecule has 0 atom stereocenters. The minimum Gasteiger partial charge on any atom is -0.443 e. The molecule has 2 N–H and O–H groups in total. The molecule has 1 aromatic heterocycles. The van der Waals surface area contributed by atoms with Crippen molar-refractivity contribution < 1.29 is 14.0 Å². The summed E-state index contributed by atoms with van der Waals surface area (Å²) in [4.78, 5) is 30.5. The highest BCUT2D eigenvalue weighted by atomic mass is 16.3. The van der Waals surface area contributed by atoms with Crippen molar-refractivity contribution in [1.29, 1.82) is 0 Å². The highest BCUT2D eigenvalue weighted by Crippen LogP contribution is 2.35. The third-order valence-corrected chi connectivity index (χ3v) is 5.26. The van der Waals surface area contributed by atoms with E-state index in [1.54, 1.807) is 4.90 Å².